The molecule has 2 aromatic rings. The van der Waals surface area contributed by atoms with Crippen LogP contribution in [0.15, 0.2) is 36.4 Å². The van der Waals surface area contributed by atoms with Crippen LogP contribution < -0.4 is 0 Å². The van der Waals surface area contributed by atoms with Crippen molar-refractivity contribution in [3.8, 4) is 11.1 Å². The van der Waals surface area contributed by atoms with E-state index in [-0.39, 0.29) is 29.8 Å². The normalized spacial score (nSPS) is 19.8. The highest BCUT2D eigenvalue weighted by Crippen LogP contribution is 2.42. The highest BCUT2D eigenvalue weighted by Gasteiger charge is 2.39. The maximum atomic E-state index is 15.2. The summed E-state index contributed by atoms with van der Waals surface area (Å²) in [5.41, 5.74) is 0.306. The summed E-state index contributed by atoms with van der Waals surface area (Å²) in [6.07, 6.45) is 1.76. The molecule has 0 N–H and O–H groups in total. The molecule has 2 aromatic carbocycles. The summed E-state index contributed by atoms with van der Waals surface area (Å²) in [6, 6.07) is 9.95. The van der Waals surface area contributed by atoms with Crippen LogP contribution in [0.2, 0.25) is 0 Å². The second kappa shape index (κ2) is 9.95. The number of hydrogen-bond donors (Lipinski definition) is 0. The van der Waals surface area contributed by atoms with Crippen molar-refractivity contribution in [2.24, 2.45) is 0 Å². The van der Waals surface area contributed by atoms with Gasteiger partial charge in [-0.3, -0.25) is 0 Å². The van der Waals surface area contributed by atoms with E-state index in [9.17, 15) is 13.2 Å². The lowest BCUT2D eigenvalue weighted by molar-refractivity contribution is -0.139. The summed E-state index contributed by atoms with van der Waals surface area (Å²) in [4.78, 5) is 0. The first-order valence-electron chi connectivity index (χ1n) is 11.0. The molecule has 0 aromatic heterocycles. The molecule has 0 radical (unpaired) electrons. The van der Waals surface area contributed by atoms with Gasteiger partial charge in [0.1, 0.15) is 5.82 Å². The van der Waals surface area contributed by atoms with Crippen LogP contribution in [0.3, 0.4) is 0 Å². The van der Waals surface area contributed by atoms with Gasteiger partial charge in [0.2, 0.25) is 0 Å². The van der Waals surface area contributed by atoms with Crippen LogP contribution in [-0.2, 0) is 17.3 Å². The first-order chi connectivity index (χ1) is 14.3. The molecule has 1 aliphatic heterocycles. The lowest BCUT2D eigenvalue weighted by atomic mass is 9.86. The van der Waals surface area contributed by atoms with E-state index in [1.54, 1.807) is 12.1 Å². The summed E-state index contributed by atoms with van der Waals surface area (Å²) in [7, 11) is 0. The SMILES string of the molecule is CCCCCc1ccc(-c2ccc(C3CCC(CC)OC3)c(F)c2C(F)(F)F)cc1. The summed E-state index contributed by atoms with van der Waals surface area (Å²) in [5.74, 6) is -1.50. The third-order valence-electron chi connectivity index (χ3n) is 6.05. The number of benzene rings is 2. The van der Waals surface area contributed by atoms with E-state index < -0.39 is 17.6 Å². The van der Waals surface area contributed by atoms with E-state index in [1.165, 1.54) is 12.1 Å². The van der Waals surface area contributed by atoms with Gasteiger partial charge in [-0.1, -0.05) is 63.1 Å². The van der Waals surface area contributed by atoms with Crippen molar-refractivity contribution in [1.29, 1.82) is 0 Å². The molecule has 30 heavy (non-hydrogen) atoms. The number of rotatable bonds is 7. The Morgan fingerprint density at radius 2 is 1.70 bits per heavy atom. The van der Waals surface area contributed by atoms with Crippen molar-refractivity contribution in [2.45, 2.75) is 77.0 Å². The minimum Gasteiger partial charge on any atom is -0.378 e. The summed E-state index contributed by atoms with van der Waals surface area (Å²) in [5, 5.41) is 0. The van der Waals surface area contributed by atoms with E-state index in [1.807, 2.05) is 19.1 Å². The maximum absolute atomic E-state index is 15.2. The van der Waals surface area contributed by atoms with Crippen LogP contribution in [0.1, 0.15) is 75.0 Å². The van der Waals surface area contributed by atoms with E-state index >= 15 is 4.39 Å². The molecule has 1 fully saturated rings. The average molecular weight is 423 g/mol. The van der Waals surface area contributed by atoms with Crippen LogP contribution in [0.4, 0.5) is 17.6 Å². The largest absolute Gasteiger partial charge is 0.419 e. The molecule has 0 saturated carbocycles. The molecule has 0 aliphatic carbocycles. The molecule has 2 unspecified atom stereocenters. The first kappa shape index (κ1) is 22.8. The van der Waals surface area contributed by atoms with Crippen molar-refractivity contribution >= 4 is 0 Å². The summed E-state index contributed by atoms with van der Waals surface area (Å²) < 4.78 is 62.5. The van der Waals surface area contributed by atoms with Gasteiger partial charge in [-0.2, -0.15) is 13.2 Å². The summed E-state index contributed by atoms with van der Waals surface area (Å²) in [6.45, 7) is 4.40. The van der Waals surface area contributed by atoms with E-state index in [0.29, 0.717) is 12.0 Å². The van der Waals surface area contributed by atoms with Crippen molar-refractivity contribution in [2.75, 3.05) is 6.61 Å². The maximum Gasteiger partial charge on any atom is 0.419 e. The lowest BCUT2D eigenvalue weighted by Crippen LogP contribution is -2.25. The number of aryl methyl sites for hydroxylation is 1. The molecule has 5 heteroatoms. The van der Waals surface area contributed by atoms with Gasteiger partial charge in [-0.25, -0.2) is 4.39 Å². The number of halogens is 4. The number of hydrogen-bond acceptors (Lipinski definition) is 1. The minimum atomic E-state index is -4.77. The van der Waals surface area contributed by atoms with Crippen molar-refractivity contribution < 1.29 is 22.3 Å². The fourth-order valence-corrected chi connectivity index (χ4v) is 4.23. The molecular weight excluding hydrogens is 392 g/mol. The van der Waals surface area contributed by atoms with E-state index in [4.69, 9.17) is 4.74 Å². The Morgan fingerprint density at radius 3 is 2.27 bits per heavy atom. The molecule has 1 nitrogen and oxygen atoms in total. The molecule has 0 amide bonds. The molecule has 1 heterocycles. The van der Waals surface area contributed by atoms with Crippen molar-refractivity contribution in [3.63, 3.8) is 0 Å². The standard InChI is InChI=1S/C25H30F4O/c1-3-5-6-7-17-8-10-18(11-9-17)21-14-15-22(24(26)23(21)25(27,28)29)19-12-13-20(4-2)30-16-19/h8-11,14-15,19-20H,3-7,12-13,16H2,1-2H3. The Bertz CT molecular complexity index is 818. The van der Waals surface area contributed by atoms with Crippen LogP contribution in [0.5, 0.6) is 0 Å². The molecule has 3 rings (SSSR count). The fraction of sp³-hybridized carbons (Fsp3) is 0.520. The van der Waals surface area contributed by atoms with Crippen molar-refractivity contribution in [3.05, 3.63) is 58.9 Å². The van der Waals surface area contributed by atoms with Crippen LogP contribution in [0.25, 0.3) is 11.1 Å². The number of alkyl halides is 3. The van der Waals surface area contributed by atoms with Gasteiger partial charge in [0.05, 0.1) is 18.3 Å². The predicted molar refractivity (Wildman–Crippen MR) is 112 cm³/mol. The Hall–Kier alpha value is -1.88. The third-order valence-corrected chi connectivity index (χ3v) is 6.05. The van der Waals surface area contributed by atoms with E-state index in [2.05, 4.69) is 6.92 Å². The first-order valence-corrected chi connectivity index (χ1v) is 11.0. The zero-order valence-electron chi connectivity index (χ0n) is 17.7. The monoisotopic (exact) mass is 422 g/mol. The zero-order chi connectivity index (χ0) is 21.7. The van der Waals surface area contributed by atoms with Crippen LogP contribution in [-0.4, -0.2) is 12.7 Å². The van der Waals surface area contributed by atoms with Crippen LogP contribution in [0, 0.1) is 5.82 Å². The third kappa shape index (κ3) is 5.23. The topological polar surface area (TPSA) is 9.23 Å². The zero-order valence-corrected chi connectivity index (χ0v) is 17.7. The average Bonchev–Trinajstić information content (AvgIpc) is 2.73. The minimum absolute atomic E-state index is 0.105. The van der Waals surface area contributed by atoms with Crippen LogP contribution >= 0.6 is 0 Å². The Labute approximate surface area is 176 Å². The van der Waals surface area contributed by atoms with Gasteiger partial charge in [-0.05, 0) is 54.4 Å². The number of unbranched alkanes of at least 4 members (excludes halogenated alkanes) is 2. The molecule has 1 saturated heterocycles. The van der Waals surface area contributed by atoms with Gasteiger partial charge in [0, 0.05) is 5.92 Å². The molecule has 0 bridgehead atoms. The molecule has 2 atom stereocenters. The highest BCUT2D eigenvalue weighted by molar-refractivity contribution is 5.69. The van der Waals surface area contributed by atoms with Gasteiger partial charge >= 0.3 is 6.18 Å². The van der Waals surface area contributed by atoms with Gasteiger partial charge in [0.15, 0.2) is 0 Å². The van der Waals surface area contributed by atoms with Crippen molar-refractivity contribution in [1.82, 2.24) is 0 Å². The highest BCUT2D eigenvalue weighted by atomic mass is 19.4. The van der Waals surface area contributed by atoms with Gasteiger partial charge in [0.25, 0.3) is 0 Å². The number of ether oxygens (including phenoxy) is 1. The second-order valence-electron chi connectivity index (χ2n) is 8.18. The molecule has 0 spiro atoms. The lowest BCUT2D eigenvalue weighted by Gasteiger charge is -2.29. The smallest absolute Gasteiger partial charge is 0.378 e. The molecule has 164 valence electrons. The van der Waals surface area contributed by atoms with Gasteiger partial charge < -0.3 is 4.74 Å². The Morgan fingerprint density at radius 1 is 0.967 bits per heavy atom. The Kier molecular flexibility index (Phi) is 7.56. The predicted octanol–water partition coefficient (Wildman–Crippen LogP) is 7.92. The molecular formula is C25H30F4O. The molecule has 1 aliphatic rings. The van der Waals surface area contributed by atoms with E-state index in [0.717, 1.165) is 44.1 Å². The summed E-state index contributed by atoms with van der Waals surface area (Å²) >= 11 is 0. The Balaban J connectivity index is 1.91. The van der Waals surface area contributed by atoms with Gasteiger partial charge in [-0.15, -0.1) is 0 Å². The quantitative estimate of drug-likeness (QED) is 0.325. The fourth-order valence-electron chi connectivity index (χ4n) is 4.23. The second-order valence-corrected chi connectivity index (χ2v) is 8.18.